The average molecular weight is 352 g/mol. The molecule has 132 valence electrons. The van der Waals surface area contributed by atoms with Gasteiger partial charge in [0.05, 0.1) is 32.3 Å². The van der Waals surface area contributed by atoms with E-state index in [2.05, 4.69) is 20.4 Å². The first-order valence-corrected chi connectivity index (χ1v) is 7.92. The highest BCUT2D eigenvalue weighted by molar-refractivity contribution is 6.38. The average Bonchev–Trinajstić information content (AvgIpc) is 3.25. The van der Waals surface area contributed by atoms with Crippen LogP contribution in [0.2, 0.25) is 0 Å². The molecule has 0 fully saturated rings. The van der Waals surface area contributed by atoms with Crippen molar-refractivity contribution in [2.75, 3.05) is 19.5 Å². The number of anilines is 1. The highest BCUT2D eigenvalue weighted by atomic mass is 16.5. The number of amidine groups is 1. The largest absolute Gasteiger partial charge is 0.497 e. The summed E-state index contributed by atoms with van der Waals surface area (Å²) in [5.41, 5.74) is 1.57. The van der Waals surface area contributed by atoms with Gasteiger partial charge in [-0.2, -0.15) is 10.1 Å². The third kappa shape index (κ3) is 2.54. The second-order valence-electron chi connectivity index (χ2n) is 5.72. The lowest BCUT2D eigenvalue weighted by Crippen LogP contribution is -2.44. The van der Waals surface area contributed by atoms with Crippen LogP contribution >= 0.6 is 0 Å². The SMILES string of the molecule is COc1ccc(OC)c(NC2=N[N+]3(c4cnn(C)c4)C=CN=CC3=N2)c1. The summed E-state index contributed by atoms with van der Waals surface area (Å²) < 4.78 is 12.5. The summed E-state index contributed by atoms with van der Waals surface area (Å²) in [4.78, 5) is 8.76. The number of guanidine groups is 1. The van der Waals surface area contributed by atoms with Gasteiger partial charge in [0.1, 0.15) is 23.9 Å². The third-order valence-electron chi connectivity index (χ3n) is 4.12. The van der Waals surface area contributed by atoms with Crippen LogP contribution in [-0.2, 0) is 7.05 Å². The van der Waals surface area contributed by atoms with E-state index in [1.807, 2.05) is 37.6 Å². The number of quaternary nitrogens is 1. The summed E-state index contributed by atoms with van der Waals surface area (Å²) >= 11 is 0. The second kappa shape index (κ2) is 6.12. The molecule has 0 saturated heterocycles. The van der Waals surface area contributed by atoms with Crippen LogP contribution in [0.3, 0.4) is 0 Å². The Bertz CT molecular complexity index is 973. The Hall–Kier alpha value is -3.46. The van der Waals surface area contributed by atoms with Crippen LogP contribution < -0.4 is 19.4 Å². The fraction of sp³-hybridized carbons (Fsp3) is 0.176. The Balaban J connectivity index is 1.74. The first-order chi connectivity index (χ1) is 12.6. The number of aromatic nitrogens is 2. The number of nitrogens with one attached hydrogen (secondary N) is 1. The third-order valence-corrected chi connectivity index (χ3v) is 4.12. The normalized spacial score (nSPS) is 20.4. The summed E-state index contributed by atoms with van der Waals surface area (Å²) in [7, 11) is 5.08. The van der Waals surface area contributed by atoms with Crippen molar-refractivity contribution in [3.8, 4) is 11.5 Å². The number of methoxy groups -OCH3 is 2. The molecule has 0 bridgehead atoms. The highest BCUT2D eigenvalue weighted by Crippen LogP contribution is 2.33. The molecule has 9 nitrogen and oxygen atoms in total. The number of ether oxygens (including phenoxy) is 2. The zero-order chi connectivity index (χ0) is 18.1. The Labute approximate surface area is 150 Å². The zero-order valence-electron chi connectivity index (χ0n) is 14.6. The van der Waals surface area contributed by atoms with E-state index >= 15 is 0 Å². The van der Waals surface area contributed by atoms with Crippen LogP contribution in [0.1, 0.15) is 0 Å². The van der Waals surface area contributed by atoms with E-state index in [-0.39, 0.29) is 4.59 Å². The van der Waals surface area contributed by atoms with Gasteiger partial charge in [-0.05, 0) is 17.2 Å². The second-order valence-corrected chi connectivity index (χ2v) is 5.72. The molecule has 4 rings (SSSR count). The molecule has 1 atom stereocenters. The van der Waals surface area contributed by atoms with Crippen LogP contribution in [0, 0.1) is 0 Å². The molecule has 2 aromatic rings. The number of hydrogen-bond acceptors (Lipinski definition) is 7. The van der Waals surface area contributed by atoms with E-state index in [4.69, 9.17) is 14.6 Å². The lowest BCUT2D eigenvalue weighted by Gasteiger charge is -2.21. The smallest absolute Gasteiger partial charge is 0.287 e. The van der Waals surface area contributed by atoms with Gasteiger partial charge in [-0.1, -0.05) is 4.59 Å². The van der Waals surface area contributed by atoms with Crippen molar-refractivity contribution < 1.29 is 9.47 Å². The summed E-state index contributed by atoms with van der Waals surface area (Å²) in [6.45, 7) is 0. The topological polar surface area (TPSA) is 85.4 Å². The van der Waals surface area contributed by atoms with Gasteiger partial charge in [0.2, 0.25) is 5.69 Å². The molecule has 1 N–H and O–H groups in total. The van der Waals surface area contributed by atoms with Crippen LogP contribution in [0.25, 0.3) is 0 Å². The fourth-order valence-corrected chi connectivity index (χ4v) is 2.82. The maximum Gasteiger partial charge on any atom is 0.287 e. The minimum atomic E-state index is 0.0754. The molecule has 0 radical (unpaired) electrons. The number of nitrogens with zero attached hydrogens (tertiary/aromatic N) is 6. The van der Waals surface area contributed by atoms with Crippen LogP contribution in [0.5, 0.6) is 11.5 Å². The molecule has 0 saturated carbocycles. The molecule has 2 aliphatic rings. The van der Waals surface area contributed by atoms with E-state index < -0.39 is 0 Å². The summed E-state index contributed by atoms with van der Waals surface area (Å²) in [5, 5.41) is 12.2. The number of aliphatic imine (C=N–C) groups is 2. The van der Waals surface area contributed by atoms with E-state index in [9.17, 15) is 0 Å². The van der Waals surface area contributed by atoms with Gasteiger partial charge in [-0.15, -0.1) is 0 Å². The predicted octanol–water partition coefficient (Wildman–Crippen LogP) is 2.10. The lowest BCUT2D eigenvalue weighted by molar-refractivity contribution is 0.405. The molecular formula is C17H18N7O2+. The van der Waals surface area contributed by atoms with Gasteiger partial charge in [-0.3, -0.25) is 9.67 Å². The molecule has 9 heteroatoms. The predicted molar refractivity (Wildman–Crippen MR) is 101 cm³/mol. The Morgan fingerprint density at radius 3 is 2.81 bits per heavy atom. The molecule has 0 aliphatic carbocycles. The van der Waals surface area contributed by atoms with Crippen molar-refractivity contribution in [3.63, 3.8) is 0 Å². The number of aryl methyl sites for hydroxylation is 1. The number of fused-ring (bicyclic) bond motifs is 1. The number of benzene rings is 1. The quantitative estimate of drug-likeness (QED) is 0.854. The molecular weight excluding hydrogens is 334 g/mol. The minimum Gasteiger partial charge on any atom is -0.497 e. The number of rotatable bonds is 4. The van der Waals surface area contributed by atoms with E-state index in [0.29, 0.717) is 29.0 Å². The summed E-state index contributed by atoms with van der Waals surface area (Å²) in [6, 6.07) is 5.48. The van der Waals surface area contributed by atoms with Crippen molar-refractivity contribution in [1.29, 1.82) is 0 Å². The number of hydrogen-bond donors (Lipinski definition) is 1. The minimum absolute atomic E-state index is 0.0754. The van der Waals surface area contributed by atoms with Crippen molar-refractivity contribution in [2.45, 2.75) is 0 Å². The van der Waals surface area contributed by atoms with Gasteiger partial charge in [0.15, 0.2) is 6.20 Å². The first-order valence-electron chi connectivity index (χ1n) is 7.92. The fourth-order valence-electron chi connectivity index (χ4n) is 2.82. The standard InChI is InChI=1S/C17H18N7O2/c1-23-11-12(9-19-23)24-7-6-18-10-16(24)21-17(22-24)20-14-8-13(25-2)4-5-15(14)26-3/h4-11H,1-3H3,(H,20,22)/q+1. The maximum atomic E-state index is 5.41. The Morgan fingerprint density at radius 1 is 1.19 bits per heavy atom. The van der Waals surface area contributed by atoms with Crippen molar-refractivity contribution in [1.82, 2.24) is 14.4 Å². The summed E-state index contributed by atoms with van der Waals surface area (Å²) in [6.07, 6.45) is 8.90. The molecule has 0 amide bonds. The van der Waals surface area contributed by atoms with Crippen molar-refractivity contribution >= 4 is 29.4 Å². The van der Waals surface area contributed by atoms with Gasteiger partial charge in [0, 0.05) is 13.1 Å². The highest BCUT2D eigenvalue weighted by Gasteiger charge is 2.43. The van der Waals surface area contributed by atoms with E-state index in [0.717, 1.165) is 5.69 Å². The van der Waals surface area contributed by atoms with Crippen molar-refractivity contribution in [2.24, 2.45) is 22.1 Å². The molecule has 0 spiro atoms. The van der Waals surface area contributed by atoms with Gasteiger partial charge >= 0.3 is 0 Å². The molecule has 1 unspecified atom stereocenters. The van der Waals surface area contributed by atoms with Crippen molar-refractivity contribution in [3.05, 3.63) is 43.0 Å². The van der Waals surface area contributed by atoms with E-state index in [1.165, 1.54) is 0 Å². The zero-order valence-corrected chi connectivity index (χ0v) is 14.6. The molecule has 3 heterocycles. The molecule has 1 aromatic carbocycles. The Kier molecular flexibility index (Phi) is 3.77. The van der Waals surface area contributed by atoms with Crippen LogP contribution in [0.15, 0.2) is 58.1 Å². The van der Waals surface area contributed by atoms with Crippen LogP contribution in [0.4, 0.5) is 11.4 Å². The molecule has 26 heavy (non-hydrogen) atoms. The first kappa shape index (κ1) is 16.0. The maximum absolute atomic E-state index is 5.41. The Morgan fingerprint density at radius 2 is 2.08 bits per heavy atom. The van der Waals surface area contributed by atoms with Gasteiger partial charge < -0.3 is 14.8 Å². The lowest BCUT2D eigenvalue weighted by atomic mass is 10.2. The molecule has 2 aliphatic heterocycles. The molecule has 1 aromatic heterocycles. The monoisotopic (exact) mass is 352 g/mol. The summed E-state index contributed by atoms with van der Waals surface area (Å²) in [5.74, 6) is 2.48. The van der Waals surface area contributed by atoms with E-state index in [1.54, 1.807) is 37.5 Å². The van der Waals surface area contributed by atoms with Crippen LogP contribution in [-0.4, -0.2) is 42.0 Å². The van der Waals surface area contributed by atoms with Gasteiger partial charge in [0.25, 0.3) is 11.8 Å². The van der Waals surface area contributed by atoms with Gasteiger partial charge in [-0.25, -0.2) is 0 Å².